The summed E-state index contributed by atoms with van der Waals surface area (Å²) in [6.07, 6.45) is -1.26. The molecule has 0 radical (unpaired) electrons. The number of nitrogens with zero attached hydrogens (tertiary/aromatic N) is 1. The maximum absolute atomic E-state index is 12.4. The van der Waals surface area contributed by atoms with Crippen LogP contribution in [-0.2, 0) is 4.79 Å². The number of methoxy groups -OCH3 is 1. The van der Waals surface area contributed by atoms with E-state index < -0.39 is 12.0 Å². The van der Waals surface area contributed by atoms with Crippen LogP contribution in [0.25, 0.3) is 0 Å². The number of carbonyl (C=O) groups excluding carboxylic acids is 1. The average Bonchev–Trinajstić information content (AvgIpc) is 2.60. The van der Waals surface area contributed by atoms with Crippen molar-refractivity contribution in [3.63, 3.8) is 0 Å². The van der Waals surface area contributed by atoms with Crippen LogP contribution in [0.5, 0.6) is 5.75 Å². The van der Waals surface area contributed by atoms with Gasteiger partial charge in [0.25, 0.3) is 5.91 Å². The van der Waals surface area contributed by atoms with Gasteiger partial charge in [-0.05, 0) is 36.8 Å². The molecule has 0 saturated heterocycles. The Labute approximate surface area is 136 Å². The number of aliphatic hydroxyl groups excluding tert-OH is 1. The van der Waals surface area contributed by atoms with E-state index in [1.807, 2.05) is 43.1 Å². The number of anilines is 2. The molecule has 0 fully saturated rings. The molecule has 0 aromatic heterocycles. The Bertz CT molecular complexity index is 673. The number of hydrogen-bond donors (Lipinski definition) is 2. The molecule has 122 valence electrons. The number of rotatable bonds is 6. The lowest BCUT2D eigenvalue weighted by molar-refractivity contribution is -0.124. The summed E-state index contributed by atoms with van der Waals surface area (Å²) in [5.41, 5.74) is 2.06. The second-order valence-corrected chi connectivity index (χ2v) is 5.20. The lowest BCUT2D eigenvalue weighted by Crippen LogP contribution is -2.23. The van der Waals surface area contributed by atoms with Crippen LogP contribution in [-0.4, -0.2) is 31.7 Å². The van der Waals surface area contributed by atoms with Crippen LogP contribution in [0.15, 0.2) is 48.5 Å². The van der Waals surface area contributed by atoms with E-state index in [-0.39, 0.29) is 0 Å². The fourth-order valence-corrected chi connectivity index (χ4v) is 2.25. The van der Waals surface area contributed by atoms with Crippen LogP contribution in [0.4, 0.5) is 11.4 Å². The van der Waals surface area contributed by atoms with Crippen LogP contribution in [0.1, 0.15) is 18.6 Å². The predicted octanol–water partition coefficient (Wildman–Crippen LogP) is 2.82. The highest BCUT2D eigenvalue weighted by atomic mass is 16.5. The molecule has 23 heavy (non-hydrogen) atoms. The second-order valence-electron chi connectivity index (χ2n) is 5.20. The minimum atomic E-state index is -1.26. The van der Waals surface area contributed by atoms with E-state index in [0.717, 1.165) is 12.2 Å². The third kappa shape index (κ3) is 4.02. The number of carbonyl (C=O) groups is 1. The van der Waals surface area contributed by atoms with Gasteiger partial charge in [0.05, 0.1) is 18.5 Å². The first-order chi connectivity index (χ1) is 11.1. The van der Waals surface area contributed by atoms with Gasteiger partial charge in [0, 0.05) is 13.6 Å². The Balaban J connectivity index is 2.18. The second kappa shape index (κ2) is 7.65. The van der Waals surface area contributed by atoms with Gasteiger partial charge in [0.2, 0.25) is 0 Å². The van der Waals surface area contributed by atoms with Crippen molar-refractivity contribution in [3.8, 4) is 5.75 Å². The highest BCUT2D eigenvalue weighted by Gasteiger charge is 2.19. The SMILES string of the molecule is CCN(C)c1ccccc1NC(=O)C(O)c1cccc(OC)c1. The summed E-state index contributed by atoms with van der Waals surface area (Å²) in [4.78, 5) is 14.4. The molecule has 0 spiro atoms. The van der Waals surface area contributed by atoms with Crippen LogP contribution in [0.3, 0.4) is 0 Å². The molecule has 2 aromatic rings. The maximum Gasteiger partial charge on any atom is 0.257 e. The van der Waals surface area contributed by atoms with Gasteiger partial charge in [-0.15, -0.1) is 0 Å². The molecular weight excluding hydrogens is 292 g/mol. The lowest BCUT2D eigenvalue weighted by atomic mass is 10.1. The van der Waals surface area contributed by atoms with Gasteiger partial charge in [-0.3, -0.25) is 4.79 Å². The zero-order valence-corrected chi connectivity index (χ0v) is 13.6. The number of amides is 1. The zero-order valence-electron chi connectivity index (χ0n) is 13.6. The van der Waals surface area contributed by atoms with Crippen molar-refractivity contribution in [2.24, 2.45) is 0 Å². The minimum absolute atomic E-state index is 0.477. The summed E-state index contributed by atoms with van der Waals surface area (Å²) in [7, 11) is 3.49. The number of benzene rings is 2. The van der Waals surface area contributed by atoms with Gasteiger partial charge in [-0.25, -0.2) is 0 Å². The number of hydrogen-bond acceptors (Lipinski definition) is 4. The minimum Gasteiger partial charge on any atom is -0.497 e. The summed E-state index contributed by atoms with van der Waals surface area (Å²) in [5.74, 6) is 0.121. The molecule has 0 bridgehead atoms. The molecule has 5 nitrogen and oxygen atoms in total. The number of ether oxygens (including phenoxy) is 1. The Morgan fingerprint density at radius 2 is 2.00 bits per heavy atom. The summed E-state index contributed by atoms with van der Waals surface area (Å²) in [5, 5.41) is 13.1. The quantitative estimate of drug-likeness (QED) is 0.861. The smallest absolute Gasteiger partial charge is 0.257 e. The Morgan fingerprint density at radius 1 is 1.26 bits per heavy atom. The van der Waals surface area contributed by atoms with Crippen molar-refractivity contribution in [1.29, 1.82) is 0 Å². The standard InChI is InChI=1S/C18H22N2O3/c1-4-20(2)16-11-6-5-10-15(16)19-18(22)17(21)13-8-7-9-14(12-13)23-3/h5-12,17,21H,4H2,1-3H3,(H,19,22). The van der Waals surface area contributed by atoms with Crippen molar-refractivity contribution >= 4 is 17.3 Å². The fourth-order valence-electron chi connectivity index (χ4n) is 2.25. The van der Waals surface area contributed by atoms with Crippen molar-refractivity contribution in [2.75, 3.05) is 30.9 Å². The van der Waals surface area contributed by atoms with Gasteiger partial charge in [-0.1, -0.05) is 24.3 Å². The first-order valence-electron chi connectivity index (χ1n) is 7.49. The molecule has 1 amide bonds. The third-order valence-electron chi connectivity index (χ3n) is 3.71. The van der Waals surface area contributed by atoms with E-state index in [0.29, 0.717) is 17.0 Å². The summed E-state index contributed by atoms with van der Waals surface area (Å²) in [6.45, 7) is 2.84. The molecule has 2 rings (SSSR count). The molecule has 0 aliphatic carbocycles. The summed E-state index contributed by atoms with van der Waals surface area (Å²) < 4.78 is 5.12. The van der Waals surface area contributed by atoms with Crippen LogP contribution < -0.4 is 15.0 Å². The molecular formula is C18H22N2O3. The van der Waals surface area contributed by atoms with Crippen LogP contribution in [0, 0.1) is 0 Å². The Morgan fingerprint density at radius 3 is 2.70 bits per heavy atom. The molecule has 1 unspecified atom stereocenters. The van der Waals surface area contributed by atoms with Gasteiger partial charge in [0.1, 0.15) is 5.75 Å². The number of aliphatic hydroxyl groups is 1. The Kier molecular flexibility index (Phi) is 5.60. The summed E-state index contributed by atoms with van der Waals surface area (Å²) >= 11 is 0. The van der Waals surface area contributed by atoms with Gasteiger partial charge in [-0.2, -0.15) is 0 Å². The lowest BCUT2D eigenvalue weighted by Gasteiger charge is -2.21. The fraction of sp³-hybridized carbons (Fsp3) is 0.278. The molecule has 0 aliphatic rings. The van der Waals surface area contributed by atoms with Crippen molar-refractivity contribution < 1.29 is 14.6 Å². The van der Waals surface area contributed by atoms with Crippen LogP contribution >= 0.6 is 0 Å². The largest absolute Gasteiger partial charge is 0.497 e. The Hall–Kier alpha value is -2.53. The van der Waals surface area contributed by atoms with E-state index in [2.05, 4.69) is 5.32 Å². The molecule has 0 aliphatic heterocycles. The third-order valence-corrected chi connectivity index (χ3v) is 3.71. The van der Waals surface area contributed by atoms with Crippen LogP contribution in [0.2, 0.25) is 0 Å². The van der Waals surface area contributed by atoms with Crippen molar-refractivity contribution in [3.05, 3.63) is 54.1 Å². The zero-order chi connectivity index (χ0) is 16.8. The highest BCUT2D eigenvalue weighted by molar-refractivity contribution is 5.97. The van der Waals surface area contributed by atoms with Crippen molar-refractivity contribution in [1.82, 2.24) is 0 Å². The highest BCUT2D eigenvalue weighted by Crippen LogP contribution is 2.26. The predicted molar refractivity (Wildman–Crippen MR) is 92.0 cm³/mol. The number of nitrogens with one attached hydrogen (secondary N) is 1. The van der Waals surface area contributed by atoms with Crippen molar-refractivity contribution in [2.45, 2.75) is 13.0 Å². The van der Waals surface area contributed by atoms with E-state index >= 15 is 0 Å². The average molecular weight is 314 g/mol. The molecule has 1 atom stereocenters. The summed E-state index contributed by atoms with van der Waals surface area (Å²) in [6, 6.07) is 14.3. The van der Waals surface area contributed by atoms with E-state index in [9.17, 15) is 9.90 Å². The molecule has 2 aromatic carbocycles. The van der Waals surface area contributed by atoms with E-state index in [1.54, 1.807) is 31.4 Å². The molecule has 2 N–H and O–H groups in total. The number of para-hydroxylation sites is 2. The van der Waals surface area contributed by atoms with E-state index in [1.165, 1.54) is 0 Å². The molecule has 0 saturated carbocycles. The molecule has 0 heterocycles. The normalized spacial score (nSPS) is 11.7. The van der Waals surface area contributed by atoms with E-state index in [4.69, 9.17) is 4.74 Å². The topological polar surface area (TPSA) is 61.8 Å². The molecule has 5 heteroatoms. The first kappa shape index (κ1) is 16.8. The van der Waals surface area contributed by atoms with Gasteiger partial charge < -0.3 is 20.1 Å². The van der Waals surface area contributed by atoms with Gasteiger partial charge >= 0.3 is 0 Å². The maximum atomic E-state index is 12.4. The first-order valence-corrected chi connectivity index (χ1v) is 7.49. The van der Waals surface area contributed by atoms with Gasteiger partial charge in [0.15, 0.2) is 6.10 Å². The monoisotopic (exact) mass is 314 g/mol.